The number of aromatic nitrogens is 1. The molecule has 0 bridgehead atoms. The van der Waals surface area contributed by atoms with Gasteiger partial charge in [-0.2, -0.15) is 0 Å². The molecular formula is C7H8N2O. The molecule has 0 saturated heterocycles. The molecule has 0 fully saturated rings. The fourth-order valence-electron chi connectivity index (χ4n) is 0.723. The van der Waals surface area contributed by atoms with Crippen molar-refractivity contribution in [1.29, 1.82) is 0 Å². The molecule has 0 aromatic carbocycles. The molecule has 1 amide bonds. The number of aryl methyl sites for hydroxylation is 1. The average molecular weight is 137 g/mol. The molecule has 0 atom stereocenters. The van der Waals surface area contributed by atoms with Crippen LogP contribution in [0.5, 0.6) is 0 Å². The Bertz CT molecular complexity index is 275. The van der Waals surface area contributed by atoms with E-state index in [1.807, 2.05) is 0 Å². The van der Waals surface area contributed by atoms with Crippen LogP contribution in [-0.2, 0) is 0 Å². The summed E-state index contributed by atoms with van der Waals surface area (Å²) in [4.78, 5) is 14.7. The Morgan fingerprint density at radius 3 is 3.30 bits per heavy atom. The molecule has 1 heterocycles. The minimum Gasteiger partial charge on any atom is -0.364 e. The van der Waals surface area contributed by atoms with Crippen LogP contribution in [-0.4, -0.2) is 10.9 Å². The van der Waals surface area contributed by atoms with Crippen LogP contribution in [0.4, 0.5) is 0 Å². The van der Waals surface area contributed by atoms with Crippen molar-refractivity contribution in [2.45, 2.75) is 6.92 Å². The van der Waals surface area contributed by atoms with Crippen LogP contribution in [0.15, 0.2) is 18.3 Å². The maximum atomic E-state index is 10.9. The molecule has 1 aromatic heterocycles. The van der Waals surface area contributed by atoms with Gasteiger partial charge in [-0.15, -0.1) is 0 Å². The second-order valence-corrected chi connectivity index (χ2v) is 2.00. The van der Waals surface area contributed by atoms with Crippen molar-refractivity contribution < 1.29 is 6.21 Å². The van der Waals surface area contributed by atoms with Gasteiger partial charge in [-0.3, -0.25) is 9.78 Å². The molecular weight excluding hydrogens is 128 g/mol. The molecule has 0 aliphatic rings. The topological polar surface area (TPSA) is 56.0 Å². The quantitative estimate of drug-likeness (QED) is 0.612. The number of carbonyl (C=O) groups excluding carboxylic acids is 1. The third-order valence-corrected chi connectivity index (χ3v) is 1.22. The highest BCUT2D eigenvalue weighted by Crippen LogP contribution is 2.00. The minimum absolute atomic E-state index is 0.308. The summed E-state index contributed by atoms with van der Waals surface area (Å²) < 4.78 is 6.60. The SMILES string of the molecule is [2H]NC(=O)c1ncccc1C. The van der Waals surface area contributed by atoms with E-state index in [9.17, 15) is 4.79 Å². The van der Waals surface area contributed by atoms with E-state index >= 15 is 0 Å². The van der Waals surface area contributed by atoms with Gasteiger partial charge in [0, 0.05) is 6.20 Å². The normalized spacial score (nSPS) is 10.3. The molecule has 0 aliphatic heterocycles. The summed E-state index contributed by atoms with van der Waals surface area (Å²) in [5.41, 5.74) is 2.85. The van der Waals surface area contributed by atoms with Crippen LogP contribution >= 0.6 is 0 Å². The highest BCUT2D eigenvalue weighted by molar-refractivity contribution is 5.92. The molecule has 3 nitrogen and oxygen atoms in total. The molecule has 3 heteroatoms. The first-order chi connectivity index (χ1) is 5.25. The molecule has 52 valence electrons. The second kappa shape index (κ2) is 2.47. The Morgan fingerprint density at radius 2 is 2.70 bits per heavy atom. The lowest BCUT2D eigenvalue weighted by Gasteiger charge is -1.96. The van der Waals surface area contributed by atoms with Gasteiger partial charge in [0.15, 0.2) is 1.41 Å². The summed E-state index contributed by atoms with van der Waals surface area (Å²) in [6, 6.07) is 3.52. The van der Waals surface area contributed by atoms with E-state index < -0.39 is 5.91 Å². The Kier molecular flexibility index (Phi) is 1.34. The zero-order valence-electron chi connectivity index (χ0n) is 6.59. The number of nitrogens with two attached hydrogens (primary N) is 1. The Balaban J connectivity index is 3.03. The zero-order valence-corrected chi connectivity index (χ0v) is 5.59. The van der Waals surface area contributed by atoms with Crippen LogP contribution in [0.3, 0.4) is 0 Å². The van der Waals surface area contributed by atoms with E-state index in [0.29, 0.717) is 5.69 Å². The molecule has 2 N–H and O–H groups in total. The standard InChI is InChI=1S/C7H8N2O/c1-5-3-2-4-9-6(5)7(8)10/h2-4H,1H3,(H2,8,10)/i/hD. The van der Waals surface area contributed by atoms with Gasteiger partial charge < -0.3 is 5.73 Å². The molecule has 0 spiro atoms. The van der Waals surface area contributed by atoms with Gasteiger partial charge in [0.2, 0.25) is 0 Å². The second-order valence-electron chi connectivity index (χ2n) is 2.00. The largest absolute Gasteiger partial charge is 0.364 e. The van der Waals surface area contributed by atoms with Gasteiger partial charge in [-0.25, -0.2) is 0 Å². The number of primary amides is 1. The fourth-order valence-corrected chi connectivity index (χ4v) is 0.723. The first kappa shape index (κ1) is 5.41. The summed E-state index contributed by atoms with van der Waals surface area (Å²) in [5.74, 6) is -0.469. The maximum absolute atomic E-state index is 10.9. The summed E-state index contributed by atoms with van der Waals surface area (Å²) in [7, 11) is 0. The summed E-state index contributed by atoms with van der Waals surface area (Å²) in [5, 5.41) is 0. The maximum Gasteiger partial charge on any atom is 0.267 e. The lowest BCUT2D eigenvalue weighted by molar-refractivity contribution is 0.0995. The van der Waals surface area contributed by atoms with Gasteiger partial charge in [0.25, 0.3) is 5.91 Å². The number of hydrogen-bond donors (Lipinski definition) is 1. The third-order valence-electron chi connectivity index (χ3n) is 1.22. The third kappa shape index (κ3) is 1.13. The highest BCUT2D eigenvalue weighted by Gasteiger charge is 2.02. The Labute approximate surface area is 60.3 Å². The number of rotatable bonds is 1. The van der Waals surface area contributed by atoms with E-state index in [4.69, 9.17) is 1.41 Å². The smallest absolute Gasteiger partial charge is 0.267 e. The highest BCUT2D eigenvalue weighted by atomic mass is 16.1. The first-order valence-electron chi connectivity index (χ1n) is 3.39. The van der Waals surface area contributed by atoms with Gasteiger partial charge in [0.05, 0.1) is 0 Å². The van der Waals surface area contributed by atoms with E-state index in [1.54, 1.807) is 24.8 Å². The van der Waals surface area contributed by atoms with E-state index in [-0.39, 0.29) is 0 Å². The van der Waals surface area contributed by atoms with Crippen molar-refractivity contribution in [3.8, 4) is 0 Å². The monoisotopic (exact) mass is 137 g/mol. The van der Waals surface area contributed by atoms with Gasteiger partial charge in [0.1, 0.15) is 5.69 Å². The van der Waals surface area contributed by atoms with Gasteiger partial charge in [-0.05, 0) is 18.6 Å². The number of pyridine rings is 1. The number of nitrogens with zero attached hydrogens (tertiary/aromatic N) is 1. The van der Waals surface area contributed by atoms with E-state index in [0.717, 1.165) is 5.56 Å². The first-order valence-corrected chi connectivity index (χ1v) is 2.89. The number of carbonyl (C=O) groups is 1. The van der Waals surface area contributed by atoms with Crippen LogP contribution in [0, 0.1) is 6.92 Å². The van der Waals surface area contributed by atoms with E-state index in [2.05, 4.69) is 4.98 Å². The average Bonchev–Trinajstić information content (AvgIpc) is 2.04. The molecule has 0 radical (unpaired) electrons. The predicted octanol–water partition coefficient (Wildman–Crippen LogP) is 0.489. The molecule has 0 aliphatic carbocycles. The molecule has 1 aromatic rings. The Hall–Kier alpha value is -1.38. The van der Waals surface area contributed by atoms with Crippen LogP contribution in [0.25, 0.3) is 0 Å². The van der Waals surface area contributed by atoms with Crippen LogP contribution in [0.1, 0.15) is 16.1 Å². The van der Waals surface area contributed by atoms with Crippen LogP contribution in [0.2, 0.25) is 1.41 Å². The summed E-state index contributed by atoms with van der Waals surface area (Å²) in [6.45, 7) is 1.78. The van der Waals surface area contributed by atoms with Crippen molar-refractivity contribution in [1.82, 2.24) is 4.98 Å². The molecule has 1 rings (SSSR count). The predicted molar refractivity (Wildman–Crippen MR) is 37.5 cm³/mol. The Morgan fingerprint density at radius 1 is 1.90 bits per heavy atom. The van der Waals surface area contributed by atoms with Crippen molar-refractivity contribution in [2.24, 2.45) is 5.73 Å². The van der Waals surface area contributed by atoms with Crippen molar-refractivity contribution in [3.05, 3.63) is 29.6 Å². The fraction of sp³-hybridized carbons (Fsp3) is 0.143. The molecule has 10 heavy (non-hydrogen) atoms. The van der Waals surface area contributed by atoms with Gasteiger partial charge >= 0.3 is 0 Å². The molecule has 0 saturated carbocycles. The van der Waals surface area contributed by atoms with Gasteiger partial charge in [-0.1, -0.05) is 6.07 Å². The van der Waals surface area contributed by atoms with Crippen molar-refractivity contribution >= 4 is 5.91 Å². The number of hydrogen-bond acceptors (Lipinski definition) is 2. The van der Waals surface area contributed by atoms with Crippen molar-refractivity contribution in [3.63, 3.8) is 0 Å². The minimum atomic E-state index is -0.469. The van der Waals surface area contributed by atoms with Crippen LogP contribution < -0.4 is 5.73 Å². The number of amides is 1. The van der Waals surface area contributed by atoms with E-state index in [1.165, 1.54) is 6.20 Å². The molecule has 0 unspecified atom stereocenters. The summed E-state index contributed by atoms with van der Waals surface area (Å²) >= 11 is 0. The zero-order chi connectivity index (χ0) is 8.27. The van der Waals surface area contributed by atoms with Crippen molar-refractivity contribution in [2.75, 3.05) is 0 Å². The summed E-state index contributed by atoms with van der Waals surface area (Å²) in [6.07, 6.45) is 1.53. The lowest BCUT2D eigenvalue weighted by Crippen LogP contribution is -2.14. The lowest BCUT2D eigenvalue weighted by atomic mass is 10.2.